The molecule has 652 valence electrons. The van der Waals surface area contributed by atoms with Gasteiger partial charge in [-0.3, -0.25) is 67.3 Å². The molecule has 5 aromatic carbocycles. The first-order valence-corrected chi connectivity index (χ1v) is 42.8. The van der Waals surface area contributed by atoms with Gasteiger partial charge in [0.2, 0.25) is 35.4 Å². The summed E-state index contributed by atoms with van der Waals surface area (Å²) in [4.78, 5) is 164. The van der Waals surface area contributed by atoms with E-state index in [0.717, 1.165) is 59.8 Å². The number of thiazole rings is 1. The van der Waals surface area contributed by atoms with Crippen molar-refractivity contribution in [1.29, 1.82) is 0 Å². The van der Waals surface area contributed by atoms with Gasteiger partial charge in [-0.15, -0.1) is 11.3 Å². The number of nitrogens with zero attached hydrogens (tertiary/aromatic N) is 6. The molecule has 0 aliphatic carbocycles. The number of anilines is 2. The zero-order valence-corrected chi connectivity index (χ0v) is 73.3. The Kier molecular flexibility index (Phi) is 29.0. The fourth-order valence-corrected chi connectivity index (χ4v) is 17.0. The number of carbonyl (C=O) groups excluding carboxylic acids is 12. The van der Waals surface area contributed by atoms with Crippen molar-refractivity contribution >= 4 is 93.6 Å². The molecule has 9 N–H and O–H groups in total. The highest BCUT2D eigenvalue weighted by Crippen LogP contribution is 2.40. The Bertz CT molecular complexity index is 4940. The lowest BCUT2D eigenvalue weighted by molar-refractivity contribution is -0.142. The second-order valence-electron chi connectivity index (χ2n) is 34.6. The van der Waals surface area contributed by atoms with Crippen LogP contribution in [0.1, 0.15) is 232 Å². The molecule has 30 heteroatoms. The minimum absolute atomic E-state index is 0.0388. The number of carbonyl (C=O) groups is 12. The number of aromatic nitrogens is 1. The first-order chi connectivity index (χ1) is 58.2. The van der Waals surface area contributed by atoms with Gasteiger partial charge in [-0.05, 0) is 179 Å². The van der Waals surface area contributed by atoms with E-state index in [0.29, 0.717) is 122 Å². The fraction of sp³-hybridized carbons (Fsp3) is 0.430. The minimum Gasteiger partial charge on any atom is -0.491 e. The number of aryl methyl sites for hydroxylation is 1. The number of imide groups is 2. The summed E-state index contributed by atoms with van der Waals surface area (Å²) in [6.45, 7) is 44.1. The van der Waals surface area contributed by atoms with Crippen LogP contribution in [-0.4, -0.2) is 185 Å². The van der Waals surface area contributed by atoms with Gasteiger partial charge >= 0.3 is 0 Å². The number of β-amino-alcohol motifs (C(OH)–C–C–N with tert-alkyl or cyclic N) is 1. The van der Waals surface area contributed by atoms with Crippen molar-refractivity contribution in [2.75, 3.05) is 17.2 Å². The summed E-state index contributed by atoms with van der Waals surface area (Å²) in [5.74, 6) is -2.20. The van der Waals surface area contributed by atoms with Crippen LogP contribution in [0.15, 0.2) is 152 Å². The number of allylic oxidation sites excluding steroid dienone is 4. The van der Waals surface area contributed by atoms with Gasteiger partial charge in [-0.1, -0.05) is 109 Å². The van der Waals surface area contributed by atoms with Crippen molar-refractivity contribution in [2.24, 2.45) is 5.41 Å². The summed E-state index contributed by atoms with van der Waals surface area (Å²) >= 11 is 1.61. The van der Waals surface area contributed by atoms with Gasteiger partial charge in [0.15, 0.2) is 0 Å². The molecule has 0 radical (unpaired) electrons. The third kappa shape index (κ3) is 21.0. The molecule has 4 unspecified atom stereocenters. The summed E-state index contributed by atoms with van der Waals surface area (Å²) in [5.41, 5.74) is 13.3. The quantitative estimate of drug-likeness (QED) is 0.0340. The Hall–Kier alpha value is -12.2. The predicted octanol–water partition coefficient (Wildman–Crippen LogP) is 11.3. The molecule has 10 heterocycles. The number of likely N-dealkylation sites (tertiary alicyclic amines) is 1. The number of amides is 12. The zero-order valence-electron chi connectivity index (χ0n) is 72.5. The molecule has 9 aliphatic rings. The van der Waals surface area contributed by atoms with Crippen LogP contribution in [0, 0.1) is 12.3 Å². The van der Waals surface area contributed by atoms with Crippen LogP contribution in [-0.2, 0) is 48.4 Å². The number of fused-ring (bicyclic) bond motifs is 4. The second kappa shape index (κ2) is 38.9. The summed E-state index contributed by atoms with van der Waals surface area (Å²) in [5, 5.41) is 33.9. The molecular formula is C93H114N14O15S. The molecule has 7 atom stereocenters. The molecule has 29 nitrogen and oxygen atoms in total. The molecule has 12 amide bonds. The molecule has 123 heavy (non-hydrogen) atoms. The Labute approximate surface area is 722 Å². The first-order valence-electron chi connectivity index (χ1n) is 41.9. The Balaban J connectivity index is 0.000000151. The van der Waals surface area contributed by atoms with Crippen molar-refractivity contribution in [2.45, 2.75) is 247 Å². The standard InChI is InChI=1S/C25H36N4O3S.C17H19N3O3.C17H21N3O2.C17H18N2O4.C17H20N2O3/c1-15(2)28-22(25(4,5)6)24(32)29-13-19(30)11-20(29)23(31)26-12-17-7-9-18(10-8-17)21-16(3)27-14-33-21;1-9(2)18-12-6-4-5-11-14(12)17(23)20(16(11)22)13-8-7-10(3)19-15(13)21;1-10(2)18-14-6-4-5-12-13(14)9-20(17(12)22)15-8-7-11(3)19-16(15)21;1-9(2)23-13-6-4-5-11-14(13)17(22)19(16(11)21)12-8-7-10(3)18-15(12)20;1-10(2)22-15-6-4-5-12-13(15)9-19(17(12)21)14-8-7-11(3)18-16(14)20/h7-10,14-15,19-20,22,28,30H,11-13H2,1-6H3,(H,26,31);4-6,9,13,18H,3,7-8H2,1-2H3,(H,19,21);4-6,10,15,18H,3,7-9H2,1-2H3,(H,19,21);4-6,9,12H,3,7-8H2,1-2H3,(H,18,20);4-6,10,14H,3,7-9H2,1-2H3,(H,18,20)/t19-,20+,22-;;;;/m1..../s1. The molecule has 5 saturated heterocycles. The van der Waals surface area contributed by atoms with E-state index in [1.807, 2.05) is 143 Å². The number of piperidine rings is 4. The highest BCUT2D eigenvalue weighted by Gasteiger charge is 2.49. The second-order valence-corrected chi connectivity index (χ2v) is 35.4. The molecular weight excluding hydrogens is 1590 g/mol. The largest absolute Gasteiger partial charge is 0.491 e. The maximum absolute atomic E-state index is 13.4. The summed E-state index contributed by atoms with van der Waals surface area (Å²) in [7, 11) is 0. The number of nitrogens with one attached hydrogen (secondary N) is 8. The lowest BCUT2D eigenvalue weighted by atomic mass is 9.85. The van der Waals surface area contributed by atoms with Crippen LogP contribution in [0.4, 0.5) is 11.4 Å². The first kappa shape index (κ1) is 91.6. The van der Waals surface area contributed by atoms with Crippen LogP contribution < -0.4 is 52.0 Å². The third-order valence-electron chi connectivity index (χ3n) is 22.0. The fourth-order valence-electron chi connectivity index (χ4n) is 16.2. The highest BCUT2D eigenvalue weighted by molar-refractivity contribution is 7.13. The van der Waals surface area contributed by atoms with Gasteiger partial charge in [0, 0.05) is 101 Å². The van der Waals surface area contributed by atoms with E-state index >= 15 is 0 Å². The number of hydrogen-bond acceptors (Lipinski definition) is 20. The molecule has 1 aromatic heterocycles. The van der Waals surface area contributed by atoms with Crippen LogP contribution in [0.3, 0.4) is 0 Å². The average Bonchev–Trinajstić information content (AvgIpc) is 1.60. The molecule has 0 bridgehead atoms. The third-order valence-corrected chi connectivity index (χ3v) is 23.0. The van der Waals surface area contributed by atoms with E-state index in [9.17, 15) is 62.6 Å². The molecule has 0 saturated carbocycles. The van der Waals surface area contributed by atoms with E-state index in [2.05, 4.69) is 87.7 Å². The summed E-state index contributed by atoms with van der Waals surface area (Å²) < 4.78 is 11.4. The molecule has 5 fully saturated rings. The van der Waals surface area contributed by atoms with E-state index in [1.54, 1.807) is 68.5 Å². The molecule has 9 aliphatic heterocycles. The maximum Gasteiger partial charge on any atom is 0.266 e. The zero-order chi connectivity index (χ0) is 89.5. The Morgan fingerprint density at radius 1 is 0.528 bits per heavy atom. The number of ether oxygens (including phenoxy) is 2. The van der Waals surface area contributed by atoms with Gasteiger partial charge < -0.3 is 71.8 Å². The van der Waals surface area contributed by atoms with E-state index in [-0.39, 0.29) is 107 Å². The van der Waals surface area contributed by atoms with Crippen molar-refractivity contribution in [3.8, 4) is 21.9 Å². The number of rotatable bonds is 19. The van der Waals surface area contributed by atoms with Crippen LogP contribution in [0.2, 0.25) is 0 Å². The smallest absolute Gasteiger partial charge is 0.266 e. The minimum atomic E-state index is -0.806. The van der Waals surface area contributed by atoms with Crippen molar-refractivity contribution in [1.82, 2.24) is 61.4 Å². The van der Waals surface area contributed by atoms with Crippen molar-refractivity contribution in [3.63, 3.8) is 0 Å². The van der Waals surface area contributed by atoms with Crippen molar-refractivity contribution in [3.05, 3.63) is 207 Å². The van der Waals surface area contributed by atoms with Crippen LogP contribution in [0.25, 0.3) is 10.4 Å². The van der Waals surface area contributed by atoms with Gasteiger partial charge in [-0.25, -0.2) is 4.98 Å². The Morgan fingerprint density at radius 2 is 0.959 bits per heavy atom. The molecule has 15 rings (SSSR count). The lowest BCUT2D eigenvalue weighted by Crippen LogP contribution is -2.57. The van der Waals surface area contributed by atoms with Gasteiger partial charge in [0.05, 0.1) is 69.2 Å². The number of aliphatic hydroxyl groups is 1. The van der Waals surface area contributed by atoms with E-state index in [1.165, 1.54) is 0 Å². The van der Waals surface area contributed by atoms with Crippen molar-refractivity contribution < 1.29 is 72.1 Å². The normalized spacial score (nSPS) is 20.6. The highest BCUT2D eigenvalue weighted by atomic mass is 32.1. The number of aliphatic hydroxyl groups excluding tert-OH is 1. The topological polar surface area (TPSA) is 369 Å². The van der Waals surface area contributed by atoms with Gasteiger partial charge in [-0.2, -0.15) is 0 Å². The summed E-state index contributed by atoms with van der Waals surface area (Å²) in [6.07, 6.45) is 4.02. The predicted molar refractivity (Wildman–Crippen MR) is 469 cm³/mol. The van der Waals surface area contributed by atoms with Gasteiger partial charge in [0.25, 0.3) is 35.4 Å². The van der Waals surface area contributed by atoms with Crippen LogP contribution >= 0.6 is 11.3 Å². The Morgan fingerprint density at radius 3 is 1.42 bits per heavy atom. The molecule has 6 aromatic rings. The number of benzene rings is 5. The van der Waals surface area contributed by atoms with E-state index in [4.69, 9.17) is 9.47 Å². The van der Waals surface area contributed by atoms with E-state index < -0.39 is 66.0 Å². The lowest BCUT2D eigenvalue weighted by Gasteiger charge is -2.36. The maximum atomic E-state index is 13.4. The van der Waals surface area contributed by atoms with Gasteiger partial charge in [0.1, 0.15) is 41.7 Å². The SMILES string of the molecule is C=C1CCC(N2C(=O)c3cccc(NC(C)C)c3C2=O)C(=O)N1.C=C1CCC(N2C(=O)c3cccc(OC(C)C)c3C2=O)C(=O)N1.C=C1CCC(N2Cc3c(NC(C)C)cccc3C2=O)C(=O)N1.C=C1CCC(N2Cc3c(OC(C)C)cccc3C2=O)C(=O)N1.Cc1ncsc1-c1ccc(CNC(=O)[C@@H]2C[C@@H](O)CN2C(=O)[C@@H](NC(C)C)C(C)(C)C)cc1. The average molecular weight is 1700 g/mol. The monoisotopic (exact) mass is 1700 g/mol. The van der Waals surface area contributed by atoms with Crippen LogP contribution in [0.5, 0.6) is 11.5 Å². The molecule has 0 spiro atoms. The summed E-state index contributed by atoms with van der Waals surface area (Å²) in [6, 6.07) is 26.3. The number of hydrogen-bond donors (Lipinski definition) is 9.